The summed E-state index contributed by atoms with van der Waals surface area (Å²) in [6.07, 6.45) is 0.966. The number of nitro groups is 1. The van der Waals surface area contributed by atoms with Crippen molar-refractivity contribution in [2.24, 2.45) is 11.1 Å². The standard InChI is InChI=1S/C14H22ClN3O2/c1-4-7-17(10-14(2,3)9-16)13-6-5-11(18(19)20)8-12(13)15/h5-6,8H,4,7,9-10,16H2,1-3H3. The fourth-order valence-electron chi connectivity index (χ4n) is 2.00. The van der Waals surface area contributed by atoms with Gasteiger partial charge in [-0.05, 0) is 24.4 Å². The van der Waals surface area contributed by atoms with E-state index < -0.39 is 4.92 Å². The molecule has 0 aliphatic rings. The number of nitro benzene ring substituents is 1. The molecule has 0 aromatic heterocycles. The van der Waals surface area contributed by atoms with Crippen LogP contribution in [0.2, 0.25) is 5.02 Å². The van der Waals surface area contributed by atoms with Gasteiger partial charge in [0, 0.05) is 25.2 Å². The van der Waals surface area contributed by atoms with Crippen molar-refractivity contribution in [2.75, 3.05) is 24.5 Å². The monoisotopic (exact) mass is 299 g/mol. The van der Waals surface area contributed by atoms with E-state index in [9.17, 15) is 10.1 Å². The summed E-state index contributed by atoms with van der Waals surface area (Å²) in [5.74, 6) is 0. The van der Waals surface area contributed by atoms with E-state index in [1.807, 2.05) is 0 Å². The minimum absolute atomic E-state index is 0.00767. The van der Waals surface area contributed by atoms with Crippen molar-refractivity contribution in [2.45, 2.75) is 27.2 Å². The van der Waals surface area contributed by atoms with Crippen LogP contribution in [0.4, 0.5) is 11.4 Å². The number of nitrogens with zero attached hydrogens (tertiary/aromatic N) is 2. The lowest BCUT2D eigenvalue weighted by Crippen LogP contribution is -2.39. The molecule has 112 valence electrons. The Kier molecular flexibility index (Phi) is 5.77. The number of hydrogen-bond donors (Lipinski definition) is 1. The molecule has 1 aromatic carbocycles. The van der Waals surface area contributed by atoms with Crippen LogP contribution in [0.1, 0.15) is 27.2 Å². The van der Waals surface area contributed by atoms with E-state index in [4.69, 9.17) is 17.3 Å². The van der Waals surface area contributed by atoms with E-state index >= 15 is 0 Å². The van der Waals surface area contributed by atoms with Gasteiger partial charge in [-0.1, -0.05) is 32.4 Å². The largest absolute Gasteiger partial charge is 0.370 e. The summed E-state index contributed by atoms with van der Waals surface area (Å²) in [5.41, 5.74) is 6.57. The second-order valence-corrected chi connectivity index (χ2v) is 6.09. The fourth-order valence-corrected chi connectivity index (χ4v) is 2.30. The van der Waals surface area contributed by atoms with Crippen LogP contribution in [0, 0.1) is 15.5 Å². The van der Waals surface area contributed by atoms with Gasteiger partial charge in [-0.15, -0.1) is 0 Å². The fraction of sp³-hybridized carbons (Fsp3) is 0.571. The van der Waals surface area contributed by atoms with Crippen molar-refractivity contribution in [3.05, 3.63) is 33.3 Å². The Hall–Kier alpha value is -1.33. The maximum Gasteiger partial charge on any atom is 0.271 e. The van der Waals surface area contributed by atoms with Gasteiger partial charge < -0.3 is 10.6 Å². The third-order valence-corrected chi connectivity index (χ3v) is 3.45. The molecule has 20 heavy (non-hydrogen) atoms. The molecule has 0 aliphatic heterocycles. The van der Waals surface area contributed by atoms with Gasteiger partial charge in [0.2, 0.25) is 0 Å². The summed E-state index contributed by atoms with van der Waals surface area (Å²) >= 11 is 6.20. The topological polar surface area (TPSA) is 72.4 Å². The van der Waals surface area contributed by atoms with Crippen molar-refractivity contribution >= 4 is 23.0 Å². The third-order valence-electron chi connectivity index (χ3n) is 3.15. The number of nitrogens with two attached hydrogens (primary N) is 1. The zero-order valence-corrected chi connectivity index (χ0v) is 13.0. The summed E-state index contributed by atoms with van der Waals surface area (Å²) in [6, 6.07) is 4.59. The molecule has 1 rings (SSSR count). The first-order valence-corrected chi connectivity index (χ1v) is 7.07. The zero-order chi connectivity index (χ0) is 15.3. The highest BCUT2D eigenvalue weighted by atomic mass is 35.5. The quantitative estimate of drug-likeness (QED) is 0.618. The van der Waals surface area contributed by atoms with E-state index in [-0.39, 0.29) is 11.1 Å². The lowest BCUT2D eigenvalue weighted by Gasteiger charge is -2.33. The van der Waals surface area contributed by atoms with Crippen molar-refractivity contribution in [3.8, 4) is 0 Å². The first-order chi connectivity index (χ1) is 9.30. The van der Waals surface area contributed by atoms with E-state index in [0.717, 1.165) is 25.2 Å². The number of rotatable bonds is 7. The first kappa shape index (κ1) is 16.7. The third kappa shape index (κ3) is 4.35. The van der Waals surface area contributed by atoms with Crippen LogP contribution in [0.3, 0.4) is 0 Å². The molecule has 1 aromatic rings. The molecule has 0 heterocycles. The normalized spacial score (nSPS) is 11.4. The maximum absolute atomic E-state index is 10.8. The van der Waals surface area contributed by atoms with Gasteiger partial charge in [0.05, 0.1) is 15.6 Å². The highest BCUT2D eigenvalue weighted by Gasteiger charge is 2.22. The Morgan fingerprint density at radius 2 is 2.10 bits per heavy atom. The minimum atomic E-state index is -0.441. The molecule has 0 saturated heterocycles. The molecule has 6 heteroatoms. The number of benzene rings is 1. The van der Waals surface area contributed by atoms with Gasteiger partial charge in [0.25, 0.3) is 5.69 Å². The summed E-state index contributed by atoms with van der Waals surface area (Å²) in [7, 11) is 0. The SMILES string of the molecule is CCCN(CC(C)(C)CN)c1ccc([N+](=O)[O-])cc1Cl. The van der Waals surface area contributed by atoms with Crippen LogP contribution in [-0.2, 0) is 0 Å². The van der Waals surface area contributed by atoms with Crippen LogP contribution in [-0.4, -0.2) is 24.6 Å². The highest BCUT2D eigenvalue weighted by molar-refractivity contribution is 6.33. The summed E-state index contributed by atoms with van der Waals surface area (Å²) in [4.78, 5) is 12.4. The van der Waals surface area contributed by atoms with E-state index in [2.05, 4.69) is 25.7 Å². The second-order valence-electron chi connectivity index (χ2n) is 5.68. The van der Waals surface area contributed by atoms with Gasteiger partial charge in [-0.2, -0.15) is 0 Å². The van der Waals surface area contributed by atoms with Gasteiger partial charge in [-0.25, -0.2) is 0 Å². The van der Waals surface area contributed by atoms with Crippen LogP contribution in [0.5, 0.6) is 0 Å². The average molecular weight is 300 g/mol. The molecule has 0 spiro atoms. The van der Waals surface area contributed by atoms with E-state index in [0.29, 0.717) is 11.6 Å². The first-order valence-electron chi connectivity index (χ1n) is 6.69. The second kappa shape index (κ2) is 6.90. The summed E-state index contributed by atoms with van der Waals surface area (Å²) < 4.78 is 0. The average Bonchev–Trinajstić information content (AvgIpc) is 2.38. The molecule has 0 amide bonds. The molecule has 0 aliphatic carbocycles. The smallest absolute Gasteiger partial charge is 0.271 e. The summed E-state index contributed by atoms with van der Waals surface area (Å²) in [6.45, 7) is 8.43. The molecule has 0 radical (unpaired) electrons. The van der Waals surface area contributed by atoms with Crippen molar-refractivity contribution in [3.63, 3.8) is 0 Å². The number of anilines is 1. The molecule has 0 fully saturated rings. The lowest BCUT2D eigenvalue weighted by atomic mass is 9.92. The van der Waals surface area contributed by atoms with Crippen molar-refractivity contribution < 1.29 is 4.92 Å². The van der Waals surface area contributed by atoms with Gasteiger partial charge >= 0.3 is 0 Å². The molecule has 0 bridgehead atoms. The molecular weight excluding hydrogens is 278 g/mol. The molecule has 0 atom stereocenters. The Labute approximate surface area is 124 Å². The maximum atomic E-state index is 10.8. The Morgan fingerprint density at radius 3 is 2.55 bits per heavy atom. The number of halogens is 1. The van der Waals surface area contributed by atoms with Crippen LogP contribution in [0.25, 0.3) is 0 Å². The van der Waals surface area contributed by atoms with Crippen molar-refractivity contribution in [1.29, 1.82) is 0 Å². The van der Waals surface area contributed by atoms with Crippen molar-refractivity contribution in [1.82, 2.24) is 0 Å². The van der Waals surface area contributed by atoms with Crippen LogP contribution >= 0.6 is 11.6 Å². The van der Waals surface area contributed by atoms with Gasteiger partial charge in [0.1, 0.15) is 0 Å². The predicted molar refractivity (Wildman–Crippen MR) is 83.4 cm³/mol. The Balaban J connectivity index is 3.06. The van der Waals surface area contributed by atoms with Gasteiger partial charge in [-0.3, -0.25) is 10.1 Å². The zero-order valence-electron chi connectivity index (χ0n) is 12.2. The predicted octanol–water partition coefficient (Wildman–Crippen LogP) is 3.45. The summed E-state index contributed by atoms with van der Waals surface area (Å²) in [5, 5.41) is 11.2. The van der Waals surface area contributed by atoms with E-state index in [1.165, 1.54) is 12.1 Å². The molecular formula is C14H22ClN3O2. The van der Waals surface area contributed by atoms with Gasteiger partial charge in [0.15, 0.2) is 0 Å². The highest BCUT2D eigenvalue weighted by Crippen LogP contribution is 2.31. The number of non-ortho nitro benzene ring substituents is 1. The Bertz CT molecular complexity index is 477. The minimum Gasteiger partial charge on any atom is -0.370 e. The molecule has 0 unspecified atom stereocenters. The van der Waals surface area contributed by atoms with Crippen LogP contribution < -0.4 is 10.6 Å². The Morgan fingerprint density at radius 1 is 1.45 bits per heavy atom. The van der Waals surface area contributed by atoms with E-state index in [1.54, 1.807) is 6.07 Å². The molecule has 5 nitrogen and oxygen atoms in total. The molecule has 0 saturated carbocycles. The van der Waals surface area contributed by atoms with Crippen LogP contribution in [0.15, 0.2) is 18.2 Å². The lowest BCUT2D eigenvalue weighted by molar-refractivity contribution is -0.384. The molecule has 2 N–H and O–H groups in total. The number of hydrogen-bond acceptors (Lipinski definition) is 4.